The Hall–Kier alpha value is -0.130. The van der Waals surface area contributed by atoms with Crippen molar-refractivity contribution in [3.05, 3.63) is 0 Å². The van der Waals surface area contributed by atoms with Crippen molar-refractivity contribution in [1.82, 2.24) is 5.01 Å². The van der Waals surface area contributed by atoms with Gasteiger partial charge in [0.25, 0.3) is 0 Å². The van der Waals surface area contributed by atoms with E-state index in [-0.39, 0.29) is 0 Å². The zero-order chi connectivity index (χ0) is 6.57. The highest BCUT2D eigenvalue weighted by atomic mass is 127. The van der Waals surface area contributed by atoms with E-state index in [2.05, 4.69) is 27.7 Å². The van der Waals surface area contributed by atoms with Crippen molar-refractivity contribution in [1.29, 1.82) is 5.41 Å². The van der Waals surface area contributed by atoms with Crippen LogP contribution in [-0.4, -0.2) is 22.1 Å². The molecule has 0 bridgehead atoms. The molecule has 0 fully saturated rings. The van der Waals surface area contributed by atoms with Crippen LogP contribution < -0.4 is 0 Å². The van der Waals surface area contributed by atoms with E-state index in [1.54, 1.807) is 7.05 Å². The lowest BCUT2D eigenvalue weighted by molar-refractivity contribution is 0.560. The van der Waals surface area contributed by atoms with Crippen molar-refractivity contribution in [2.24, 2.45) is 5.10 Å². The summed E-state index contributed by atoms with van der Waals surface area (Å²) in [6.45, 7) is 1.88. The summed E-state index contributed by atoms with van der Waals surface area (Å²) in [4.78, 5) is 0. The Morgan fingerprint density at radius 1 is 1.88 bits per heavy atom. The van der Waals surface area contributed by atoms with E-state index in [1.165, 1.54) is 5.01 Å². The molecule has 0 aliphatic carbocycles. The minimum absolute atomic E-state index is 0.925. The summed E-state index contributed by atoms with van der Waals surface area (Å²) < 4.78 is 0.925. The van der Waals surface area contributed by atoms with E-state index in [1.807, 2.05) is 6.92 Å². The third-order valence-corrected chi connectivity index (χ3v) is 0.698. The quantitative estimate of drug-likeness (QED) is 0.327. The van der Waals surface area contributed by atoms with Crippen LogP contribution in [0.25, 0.3) is 0 Å². The normalized spacial score (nSPS) is 11.1. The summed E-state index contributed by atoms with van der Waals surface area (Å²) in [6, 6.07) is 0. The monoisotopic (exact) mass is 225 g/mol. The van der Waals surface area contributed by atoms with Crippen LogP contribution in [0.3, 0.4) is 0 Å². The zero-order valence-corrected chi connectivity index (χ0v) is 7.01. The molecule has 3 nitrogen and oxygen atoms in total. The topological polar surface area (TPSA) is 39.5 Å². The number of rotatable bonds is 2. The number of halogens is 1. The minimum atomic E-state index is 0.925. The predicted octanol–water partition coefficient (Wildman–Crippen LogP) is 1.29. The van der Waals surface area contributed by atoms with Gasteiger partial charge in [-0.3, -0.25) is 10.4 Å². The average Bonchev–Trinajstić information content (AvgIpc) is 1.65. The SMILES string of the molecule is C/C(I)=N\N(C)C=N. The second-order valence-corrected chi connectivity index (χ2v) is 2.86. The Morgan fingerprint density at radius 3 is 2.50 bits per heavy atom. The third-order valence-electron chi connectivity index (χ3n) is 0.482. The summed E-state index contributed by atoms with van der Waals surface area (Å²) in [6.07, 6.45) is 1.15. The molecule has 0 radical (unpaired) electrons. The smallest absolute Gasteiger partial charge is 0.103 e. The second-order valence-electron chi connectivity index (χ2n) is 1.30. The highest BCUT2D eigenvalue weighted by Gasteiger charge is 1.82. The maximum atomic E-state index is 6.69. The van der Waals surface area contributed by atoms with E-state index in [0.29, 0.717) is 0 Å². The summed E-state index contributed by atoms with van der Waals surface area (Å²) in [5, 5.41) is 12.0. The Kier molecular flexibility index (Phi) is 3.76. The summed E-state index contributed by atoms with van der Waals surface area (Å²) in [5.74, 6) is 0. The van der Waals surface area contributed by atoms with Gasteiger partial charge in [0.15, 0.2) is 0 Å². The molecule has 0 aromatic rings. The highest BCUT2D eigenvalue weighted by Crippen LogP contribution is 1.89. The summed E-state index contributed by atoms with van der Waals surface area (Å²) in [5.41, 5.74) is 0. The Morgan fingerprint density at radius 2 is 2.38 bits per heavy atom. The molecule has 0 spiro atoms. The van der Waals surface area contributed by atoms with E-state index in [4.69, 9.17) is 5.41 Å². The fourth-order valence-corrected chi connectivity index (χ4v) is 0.587. The number of hydrazone groups is 1. The molecule has 0 aliphatic heterocycles. The molecular formula is C4H8IN3. The van der Waals surface area contributed by atoms with E-state index in [0.717, 1.165) is 10.1 Å². The molecular weight excluding hydrogens is 217 g/mol. The van der Waals surface area contributed by atoms with E-state index in [9.17, 15) is 0 Å². The largest absolute Gasteiger partial charge is 0.290 e. The van der Waals surface area contributed by atoms with Crippen molar-refractivity contribution in [2.45, 2.75) is 6.92 Å². The molecule has 0 saturated carbocycles. The molecule has 0 aromatic heterocycles. The molecule has 46 valence electrons. The standard InChI is InChI=1S/C4H8IN3/c1-4(5)7-8(2)3-6/h3,6H,1-2H3/b6-3?,7-4+. The first-order valence-electron chi connectivity index (χ1n) is 2.11. The van der Waals surface area contributed by atoms with Gasteiger partial charge in [0, 0.05) is 7.05 Å². The third kappa shape index (κ3) is 4.04. The van der Waals surface area contributed by atoms with Crippen molar-refractivity contribution in [3.8, 4) is 0 Å². The van der Waals surface area contributed by atoms with Gasteiger partial charge in [0.2, 0.25) is 0 Å². The van der Waals surface area contributed by atoms with Gasteiger partial charge in [-0.05, 0) is 29.5 Å². The lowest BCUT2D eigenvalue weighted by Gasteiger charge is -2.01. The van der Waals surface area contributed by atoms with Crippen molar-refractivity contribution in [3.63, 3.8) is 0 Å². The molecule has 1 N–H and O–H groups in total. The van der Waals surface area contributed by atoms with E-state index >= 15 is 0 Å². The maximum Gasteiger partial charge on any atom is 0.103 e. The van der Waals surface area contributed by atoms with Crippen LogP contribution in [0.4, 0.5) is 0 Å². The maximum absolute atomic E-state index is 6.69. The fraction of sp³-hybridized carbons (Fsp3) is 0.500. The van der Waals surface area contributed by atoms with E-state index < -0.39 is 0 Å². The van der Waals surface area contributed by atoms with Gasteiger partial charge < -0.3 is 0 Å². The summed E-state index contributed by atoms with van der Waals surface area (Å²) >= 11 is 2.09. The second kappa shape index (κ2) is 3.82. The zero-order valence-electron chi connectivity index (χ0n) is 4.85. The number of hydrogen-bond donors (Lipinski definition) is 1. The van der Waals surface area contributed by atoms with Crippen LogP contribution in [0, 0.1) is 5.41 Å². The van der Waals surface area contributed by atoms with Crippen LogP contribution in [-0.2, 0) is 0 Å². The number of nitrogens with one attached hydrogen (secondary N) is 1. The van der Waals surface area contributed by atoms with Crippen molar-refractivity contribution >= 4 is 32.6 Å². The fourth-order valence-electron chi connectivity index (χ4n) is 0.246. The van der Waals surface area contributed by atoms with Crippen molar-refractivity contribution in [2.75, 3.05) is 7.05 Å². The van der Waals surface area contributed by atoms with Crippen LogP contribution in [0.15, 0.2) is 5.10 Å². The minimum Gasteiger partial charge on any atom is -0.290 e. The molecule has 0 atom stereocenters. The lowest BCUT2D eigenvalue weighted by Crippen LogP contribution is -2.07. The number of nitrogens with zero attached hydrogens (tertiary/aromatic N) is 2. The molecule has 0 saturated heterocycles. The van der Waals surface area contributed by atoms with Crippen molar-refractivity contribution < 1.29 is 0 Å². The molecule has 4 heteroatoms. The van der Waals surface area contributed by atoms with Gasteiger partial charge >= 0.3 is 0 Å². The van der Waals surface area contributed by atoms with Gasteiger partial charge in [-0.2, -0.15) is 5.10 Å². The first-order valence-corrected chi connectivity index (χ1v) is 3.19. The molecule has 0 heterocycles. The Labute approximate surface area is 62.4 Å². The van der Waals surface area contributed by atoms with Crippen LogP contribution >= 0.6 is 22.6 Å². The highest BCUT2D eigenvalue weighted by molar-refractivity contribution is 14.1. The number of hydrogen-bond acceptors (Lipinski definition) is 2. The average molecular weight is 225 g/mol. The molecule has 8 heavy (non-hydrogen) atoms. The van der Waals surface area contributed by atoms with Crippen LogP contribution in [0.5, 0.6) is 0 Å². The van der Waals surface area contributed by atoms with Crippen LogP contribution in [0.1, 0.15) is 6.92 Å². The first kappa shape index (κ1) is 7.87. The first-order chi connectivity index (χ1) is 3.66. The Balaban J connectivity index is 3.68. The summed E-state index contributed by atoms with van der Waals surface area (Å²) in [7, 11) is 1.72. The van der Waals surface area contributed by atoms with Gasteiger partial charge in [-0.25, -0.2) is 0 Å². The molecule has 0 aromatic carbocycles. The molecule has 0 amide bonds. The Bertz CT molecular complexity index is 106. The van der Waals surface area contributed by atoms with Gasteiger partial charge in [0.05, 0.1) is 3.72 Å². The van der Waals surface area contributed by atoms with Crippen LogP contribution in [0.2, 0.25) is 0 Å². The lowest BCUT2D eigenvalue weighted by atomic mass is 10.9. The van der Waals surface area contributed by atoms with Gasteiger partial charge in [0.1, 0.15) is 6.34 Å². The molecule has 0 rings (SSSR count). The predicted molar refractivity (Wildman–Crippen MR) is 43.7 cm³/mol. The molecule has 0 unspecified atom stereocenters. The van der Waals surface area contributed by atoms with Gasteiger partial charge in [-0.1, -0.05) is 0 Å². The molecule has 0 aliphatic rings. The van der Waals surface area contributed by atoms with Gasteiger partial charge in [-0.15, -0.1) is 0 Å².